The van der Waals surface area contributed by atoms with E-state index in [0.717, 1.165) is 0 Å². The number of imidazole rings is 1. The summed E-state index contributed by atoms with van der Waals surface area (Å²) >= 11 is 5.77. The van der Waals surface area contributed by atoms with Gasteiger partial charge < -0.3 is 10.3 Å². The summed E-state index contributed by atoms with van der Waals surface area (Å²) in [5.41, 5.74) is 1.39. The zero-order valence-corrected chi connectivity index (χ0v) is 12.0. The molecule has 0 atom stereocenters. The molecule has 2 heterocycles. The predicted octanol–water partition coefficient (Wildman–Crippen LogP) is 2.52. The van der Waals surface area contributed by atoms with Gasteiger partial charge in [-0.3, -0.25) is 9.89 Å². The number of benzene rings is 1. The molecule has 8 heteroatoms. The van der Waals surface area contributed by atoms with Crippen LogP contribution in [0.4, 0.5) is 4.39 Å². The molecule has 0 fully saturated rings. The number of hydrogen-bond acceptors (Lipinski definition) is 3. The molecule has 3 rings (SSSR count). The normalized spacial score (nSPS) is 10.6. The van der Waals surface area contributed by atoms with Gasteiger partial charge in [-0.05, 0) is 18.2 Å². The lowest BCUT2D eigenvalue weighted by Gasteiger charge is -2.05. The number of carbonyl (C=O) groups excluding carboxylic acids is 1. The topological polar surface area (TPSA) is 86.5 Å². The van der Waals surface area contributed by atoms with E-state index >= 15 is 0 Å². The van der Waals surface area contributed by atoms with Gasteiger partial charge in [0.15, 0.2) is 0 Å². The molecular formula is C14H11ClFN5O. The summed E-state index contributed by atoms with van der Waals surface area (Å²) < 4.78 is 13.2. The molecule has 22 heavy (non-hydrogen) atoms. The first-order valence-corrected chi connectivity index (χ1v) is 6.78. The van der Waals surface area contributed by atoms with E-state index < -0.39 is 5.82 Å². The number of aromatic amines is 2. The van der Waals surface area contributed by atoms with Crippen molar-refractivity contribution >= 4 is 17.5 Å². The van der Waals surface area contributed by atoms with Crippen LogP contribution in [0.25, 0.3) is 11.3 Å². The minimum Gasteiger partial charge on any atom is -0.347 e. The summed E-state index contributed by atoms with van der Waals surface area (Å²) in [5, 5.41) is 9.30. The number of H-pyrrole nitrogens is 2. The van der Waals surface area contributed by atoms with Crippen LogP contribution in [0.3, 0.4) is 0 Å². The Bertz CT molecular complexity index is 799. The standard InChI is InChI=1S/C14H11ClFN5O/c15-10-5-8(1-2-11(10)16)13-9(6-20-21-13)14(22)19-7-12-17-3-4-18-12/h1-6H,7H2,(H,17,18)(H,19,22)(H,20,21). The van der Waals surface area contributed by atoms with E-state index in [1.54, 1.807) is 12.4 Å². The number of aromatic nitrogens is 4. The fraction of sp³-hybridized carbons (Fsp3) is 0.0714. The molecule has 1 aromatic carbocycles. The van der Waals surface area contributed by atoms with Crippen LogP contribution in [0.1, 0.15) is 16.2 Å². The van der Waals surface area contributed by atoms with Crippen molar-refractivity contribution in [2.75, 3.05) is 0 Å². The minimum atomic E-state index is -0.520. The third kappa shape index (κ3) is 2.84. The number of carbonyl (C=O) groups is 1. The van der Waals surface area contributed by atoms with E-state index in [1.807, 2.05) is 0 Å². The monoisotopic (exact) mass is 319 g/mol. The fourth-order valence-corrected chi connectivity index (χ4v) is 2.16. The molecule has 0 radical (unpaired) electrons. The first kappa shape index (κ1) is 14.3. The second-order valence-corrected chi connectivity index (χ2v) is 4.91. The van der Waals surface area contributed by atoms with Gasteiger partial charge in [-0.1, -0.05) is 11.6 Å². The summed E-state index contributed by atoms with van der Waals surface area (Å²) in [7, 11) is 0. The van der Waals surface area contributed by atoms with Crippen molar-refractivity contribution in [1.29, 1.82) is 0 Å². The lowest BCUT2D eigenvalue weighted by Crippen LogP contribution is -2.23. The molecule has 112 valence electrons. The molecular weight excluding hydrogens is 309 g/mol. The Balaban J connectivity index is 1.81. The minimum absolute atomic E-state index is 0.0194. The molecule has 0 aliphatic rings. The molecule has 0 aliphatic heterocycles. The SMILES string of the molecule is O=C(NCc1ncc[nH]1)c1cn[nH]c1-c1ccc(F)c(Cl)c1. The maximum atomic E-state index is 13.2. The van der Waals surface area contributed by atoms with Gasteiger partial charge in [0.25, 0.3) is 5.91 Å². The summed E-state index contributed by atoms with van der Waals surface area (Å²) in [4.78, 5) is 19.1. The van der Waals surface area contributed by atoms with Gasteiger partial charge in [0.1, 0.15) is 11.6 Å². The highest BCUT2D eigenvalue weighted by Gasteiger charge is 2.16. The second-order valence-electron chi connectivity index (χ2n) is 4.51. The van der Waals surface area contributed by atoms with Crippen LogP contribution in [0.5, 0.6) is 0 Å². The van der Waals surface area contributed by atoms with Gasteiger partial charge in [0, 0.05) is 18.0 Å². The smallest absolute Gasteiger partial charge is 0.255 e. The van der Waals surface area contributed by atoms with Crippen LogP contribution in [-0.2, 0) is 6.54 Å². The Hall–Kier alpha value is -2.67. The van der Waals surface area contributed by atoms with E-state index in [2.05, 4.69) is 25.5 Å². The molecule has 0 bridgehead atoms. The summed E-state index contributed by atoms with van der Waals surface area (Å²) in [6.07, 6.45) is 4.68. The Morgan fingerprint density at radius 1 is 1.41 bits per heavy atom. The summed E-state index contributed by atoms with van der Waals surface area (Å²) in [5.74, 6) is -0.197. The maximum absolute atomic E-state index is 13.2. The van der Waals surface area contributed by atoms with E-state index in [0.29, 0.717) is 22.6 Å². The third-order valence-electron chi connectivity index (χ3n) is 3.06. The van der Waals surface area contributed by atoms with Gasteiger partial charge >= 0.3 is 0 Å². The molecule has 6 nitrogen and oxygen atoms in total. The predicted molar refractivity (Wildman–Crippen MR) is 78.7 cm³/mol. The largest absolute Gasteiger partial charge is 0.347 e. The van der Waals surface area contributed by atoms with Crippen molar-refractivity contribution < 1.29 is 9.18 Å². The highest BCUT2D eigenvalue weighted by Crippen LogP contribution is 2.25. The number of nitrogens with one attached hydrogen (secondary N) is 3. The number of amides is 1. The van der Waals surface area contributed by atoms with Crippen molar-refractivity contribution in [3.05, 3.63) is 59.0 Å². The average Bonchev–Trinajstić information content (AvgIpc) is 3.18. The van der Waals surface area contributed by atoms with Gasteiger partial charge in [0.05, 0.1) is 29.0 Å². The molecule has 0 saturated carbocycles. The van der Waals surface area contributed by atoms with E-state index in [-0.39, 0.29) is 17.5 Å². The van der Waals surface area contributed by atoms with Crippen LogP contribution in [0.2, 0.25) is 5.02 Å². The zero-order valence-electron chi connectivity index (χ0n) is 11.2. The van der Waals surface area contributed by atoms with Crippen molar-refractivity contribution in [2.45, 2.75) is 6.54 Å². The van der Waals surface area contributed by atoms with Gasteiger partial charge in [0.2, 0.25) is 0 Å². The first-order valence-electron chi connectivity index (χ1n) is 6.40. The van der Waals surface area contributed by atoms with E-state index in [9.17, 15) is 9.18 Å². The highest BCUT2D eigenvalue weighted by molar-refractivity contribution is 6.31. The Labute approximate surface area is 129 Å². The van der Waals surface area contributed by atoms with E-state index in [4.69, 9.17) is 11.6 Å². The van der Waals surface area contributed by atoms with Gasteiger partial charge in [-0.2, -0.15) is 5.10 Å². The zero-order chi connectivity index (χ0) is 15.5. The van der Waals surface area contributed by atoms with Gasteiger partial charge in [-0.15, -0.1) is 0 Å². The molecule has 3 aromatic rings. The van der Waals surface area contributed by atoms with Crippen LogP contribution in [0.15, 0.2) is 36.8 Å². The van der Waals surface area contributed by atoms with Crippen molar-refractivity contribution in [3.63, 3.8) is 0 Å². The Morgan fingerprint density at radius 2 is 2.27 bits per heavy atom. The average molecular weight is 320 g/mol. The van der Waals surface area contributed by atoms with Crippen LogP contribution in [0, 0.1) is 5.82 Å². The number of rotatable bonds is 4. The lowest BCUT2D eigenvalue weighted by molar-refractivity contribution is 0.0950. The highest BCUT2D eigenvalue weighted by atomic mass is 35.5. The molecule has 0 spiro atoms. The molecule has 0 saturated heterocycles. The van der Waals surface area contributed by atoms with Gasteiger partial charge in [-0.25, -0.2) is 9.37 Å². The second kappa shape index (κ2) is 5.98. The Kier molecular flexibility index (Phi) is 3.88. The van der Waals surface area contributed by atoms with Crippen LogP contribution >= 0.6 is 11.6 Å². The number of nitrogens with zero attached hydrogens (tertiary/aromatic N) is 2. The quantitative estimate of drug-likeness (QED) is 0.690. The third-order valence-corrected chi connectivity index (χ3v) is 3.35. The van der Waals surface area contributed by atoms with Crippen LogP contribution in [-0.4, -0.2) is 26.1 Å². The summed E-state index contributed by atoms with van der Waals surface area (Å²) in [6.45, 7) is 0.265. The van der Waals surface area contributed by atoms with Crippen molar-refractivity contribution in [3.8, 4) is 11.3 Å². The van der Waals surface area contributed by atoms with E-state index in [1.165, 1.54) is 24.4 Å². The number of halogens is 2. The number of hydrogen-bond donors (Lipinski definition) is 3. The molecule has 1 amide bonds. The molecule has 0 unspecified atom stereocenters. The maximum Gasteiger partial charge on any atom is 0.255 e. The molecule has 0 aliphatic carbocycles. The first-order chi connectivity index (χ1) is 10.6. The lowest BCUT2D eigenvalue weighted by atomic mass is 10.1. The Morgan fingerprint density at radius 3 is 3.00 bits per heavy atom. The molecule has 3 N–H and O–H groups in total. The fourth-order valence-electron chi connectivity index (χ4n) is 1.98. The van der Waals surface area contributed by atoms with Crippen molar-refractivity contribution in [2.24, 2.45) is 0 Å². The van der Waals surface area contributed by atoms with Crippen LogP contribution < -0.4 is 5.32 Å². The summed E-state index contributed by atoms with van der Waals surface area (Å²) in [6, 6.07) is 4.20. The van der Waals surface area contributed by atoms with Crippen molar-refractivity contribution in [1.82, 2.24) is 25.5 Å². The molecule has 2 aromatic heterocycles.